The lowest BCUT2D eigenvalue weighted by atomic mass is 9.95. The van der Waals surface area contributed by atoms with Crippen molar-refractivity contribution in [1.82, 2.24) is 10.2 Å². The van der Waals surface area contributed by atoms with Crippen LogP contribution in [0.2, 0.25) is 10.0 Å². The lowest BCUT2D eigenvalue weighted by molar-refractivity contribution is -0.139. The van der Waals surface area contributed by atoms with Crippen LogP contribution in [0, 0.1) is 6.92 Å². The normalized spacial score (nSPS) is 14.7. The van der Waals surface area contributed by atoms with Gasteiger partial charge in [-0.15, -0.1) is 0 Å². The number of anilines is 1. The van der Waals surface area contributed by atoms with Gasteiger partial charge in [-0.25, -0.2) is 8.42 Å². The number of nitrogens with one attached hydrogen (secondary N) is 1. The van der Waals surface area contributed by atoms with Gasteiger partial charge in [0.25, 0.3) is 10.0 Å². The van der Waals surface area contributed by atoms with E-state index >= 15 is 0 Å². The molecule has 11 heteroatoms. The van der Waals surface area contributed by atoms with Gasteiger partial charge in [0.2, 0.25) is 11.8 Å². The van der Waals surface area contributed by atoms with Gasteiger partial charge in [0.05, 0.1) is 20.6 Å². The molecule has 3 aromatic rings. The van der Waals surface area contributed by atoms with E-state index in [1.54, 1.807) is 19.1 Å². The number of nitrogens with zero attached hydrogens (tertiary/aromatic N) is 2. The number of sulfonamides is 1. The van der Waals surface area contributed by atoms with E-state index in [9.17, 15) is 18.0 Å². The van der Waals surface area contributed by atoms with Crippen LogP contribution in [-0.2, 0) is 26.2 Å². The van der Waals surface area contributed by atoms with Crippen molar-refractivity contribution < 1.29 is 18.0 Å². The highest BCUT2D eigenvalue weighted by Gasteiger charge is 2.33. The summed E-state index contributed by atoms with van der Waals surface area (Å²) in [4.78, 5) is 29.0. The SMILES string of the molecule is Cc1ccc(S(=O)(=O)N(CC(=O)N(Cc2ccc(Br)cc2)[C@H](C)C(=O)NC2CCCCC2)c2ccc(Cl)c(Cl)c2)cc1. The van der Waals surface area contributed by atoms with E-state index < -0.39 is 28.5 Å². The zero-order valence-corrected chi connectivity index (χ0v) is 27.4. The summed E-state index contributed by atoms with van der Waals surface area (Å²) in [5, 5.41) is 3.51. The minimum atomic E-state index is -4.20. The first-order valence-corrected chi connectivity index (χ1v) is 16.8. The molecule has 0 aliphatic heterocycles. The Balaban J connectivity index is 1.69. The maximum absolute atomic E-state index is 14.1. The van der Waals surface area contributed by atoms with Crippen LogP contribution in [0.1, 0.15) is 50.2 Å². The molecule has 4 rings (SSSR count). The van der Waals surface area contributed by atoms with Crippen molar-refractivity contribution in [3.8, 4) is 0 Å². The smallest absolute Gasteiger partial charge is 0.264 e. The predicted octanol–water partition coefficient (Wildman–Crippen LogP) is 7.13. The van der Waals surface area contributed by atoms with Gasteiger partial charge in [-0.05, 0) is 74.7 Å². The lowest BCUT2D eigenvalue weighted by Crippen LogP contribution is -2.53. The molecule has 224 valence electrons. The molecule has 0 unspecified atom stereocenters. The number of benzene rings is 3. The fraction of sp³-hybridized carbons (Fsp3) is 0.355. The van der Waals surface area contributed by atoms with Crippen molar-refractivity contribution in [3.63, 3.8) is 0 Å². The van der Waals surface area contributed by atoms with Crippen LogP contribution in [-0.4, -0.2) is 43.8 Å². The van der Waals surface area contributed by atoms with Gasteiger partial charge in [0, 0.05) is 17.1 Å². The van der Waals surface area contributed by atoms with E-state index in [1.807, 2.05) is 31.2 Å². The first-order chi connectivity index (χ1) is 20.0. The molecule has 1 saturated carbocycles. The van der Waals surface area contributed by atoms with E-state index in [0.717, 1.165) is 52.0 Å². The second kappa shape index (κ2) is 14.3. The average Bonchev–Trinajstić information content (AvgIpc) is 2.97. The molecule has 1 N–H and O–H groups in total. The quantitative estimate of drug-likeness (QED) is 0.245. The van der Waals surface area contributed by atoms with E-state index in [-0.39, 0.29) is 39.1 Å². The number of rotatable bonds is 10. The highest BCUT2D eigenvalue weighted by atomic mass is 79.9. The lowest BCUT2D eigenvalue weighted by Gasteiger charge is -2.33. The Morgan fingerprint density at radius 3 is 2.21 bits per heavy atom. The van der Waals surface area contributed by atoms with E-state index in [1.165, 1.54) is 35.2 Å². The molecule has 0 saturated heterocycles. The summed E-state index contributed by atoms with van der Waals surface area (Å²) in [6.45, 7) is 3.10. The second-order valence-corrected chi connectivity index (χ2v) is 14.2. The third-order valence-corrected chi connectivity index (χ3v) is 10.5. The number of amides is 2. The first-order valence-electron chi connectivity index (χ1n) is 13.8. The van der Waals surface area contributed by atoms with Crippen molar-refractivity contribution in [2.75, 3.05) is 10.8 Å². The molecular weight excluding hydrogens is 661 g/mol. The van der Waals surface area contributed by atoms with Crippen LogP contribution in [0.25, 0.3) is 0 Å². The summed E-state index contributed by atoms with van der Waals surface area (Å²) in [6.07, 6.45) is 5.06. The molecule has 1 fully saturated rings. The van der Waals surface area contributed by atoms with Crippen LogP contribution < -0.4 is 9.62 Å². The van der Waals surface area contributed by atoms with Crippen molar-refractivity contribution in [1.29, 1.82) is 0 Å². The Labute approximate surface area is 266 Å². The number of halogens is 3. The van der Waals surface area contributed by atoms with Gasteiger partial charge in [0.1, 0.15) is 12.6 Å². The molecular formula is C31H34BrCl2N3O4S. The van der Waals surface area contributed by atoms with Crippen LogP contribution in [0.3, 0.4) is 0 Å². The largest absolute Gasteiger partial charge is 0.352 e. The van der Waals surface area contributed by atoms with Gasteiger partial charge >= 0.3 is 0 Å². The van der Waals surface area contributed by atoms with Gasteiger partial charge in [-0.1, -0.05) is 88.2 Å². The Bertz CT molecular complexity index is 1510. The number of hydrogen-bond acceptors (Lipinski definition) is 4. The van der Waals surface area contributed by atoms with Crippen molar-refractivity contribution in [2.45, 2.75) is 69.5 Å². The Morgan fingerprint density at radius 1 is 0.952 bits per heavy atom. The van der Waals surface area contributed by atoms with Crippen molar-refractivity contribution in [3.05, 3.63) is 92.4 Å². The molecule has 0 heterocycles. The van der Waals surface area contributed by atoms with Gasteiger partial charge in [0.15, 0.2) is 0 Å². The standard InChI is InChI=1S/C31H34BrCl2N3O4S/c1-21-8-15-27(16-9-21)42(40,41)37(26-14-17-28(33)29(34)18-26)20-30(38)36(19-23-10-12-24(32)13-11-23)22(2)31(39)35-25-6-4-3-5-7-25/h8-18,22,25H,3-7,19-20H2,1-2H3,(H,35,39)/t22-/m1/s1. The number of aryl methyl sites for hydroxylation is 1. The molecule has 7 nitrogen and oxygen atoms in total. The van der Waals surface area contributed by atoms with Crippen LogP contribution in [0.4, 0.5) is 5.69 Å². The third-order valence-electron chi connectivity index (χ3n) is 7.46. The molecule has 1 atom stereocenters. The molecule has 0 bridgehead atoms. The molecule has 0 spiro atoms. The second-order valence-electron chi connectivity index (χ2n) is 10.6. The summed E-state index contributed by atoms with van der Waals surface area (Å²) in [5.74, 6) is -0.805. The number of carbonyl (C=O) groups excluding carboxylic acids is 2. The minimum Gasteiger partial charge on any atom is -0.352 e. The van der Waals surface area contributed by atoms with Crippen LogP contribution in [0.5, 0.6) is 0 Å². The van der Waals surface area contributed by atoms with Crippen LogP contribution in [0.15, 0.2) is 76.1 Å². The summed E-state index contributed by atoms with van der Waals surface area (Å²) >= 11 is 15.8. The molecule has 42 heavy (non-hydrogen) atoms. The van der Waals surface area contributed by atoms with E-state index in [0.29, 0.717) is 0 Å². The Kier molecular flexibility index (Phi) is 11.0. The van der Waals surface area contributed by atoms with Gasteiger partial charge in [-0.3, -0.25) is 13.9 Å². The fourth-order valence-corrected chi connectivity index (χ4v) is 6.91. The molecule has 1 aliphatic carbocycles. The molecule has 2 amide bonds. The zero-order chi connectivity index (χ0) is 30.4. The summed E-state index contributed by atoms with van der Waals surface area (Å²) in [5.41, 5.74) is 1.87. The molecule has 0 radical (unpaired) electrons. The monoisotopic (exact) mass is 693 g/mol. The summed E-state index contributed by atoms with van der Waals surface area (Å²) in [7, 11) is -4.20. The topological polar surface area (TPSA) is 86.8 Å². The highest BCUT2D eigenvalue weighted by Crippen LogP contribution is 2.31. The Hall–Kier alpha value is -2.59. The van der Waals surface area contributed by atoms with Gasteiger partial charge in [-0.2, -0.15) is 0 Å². The molecule has 0 aromatic heterocycles. The minimum absolute atomic E-state index is 0.0227. The average molecular weight is 696 g/mol. The maximum atomic E-state index is 14.1. The first kappa shape index (κ1) is 32.3. The van der Waals surface area contributed by atoms with E-state index in [4.69, 9.17) is 23.2 Å². The van der Waals surface area contributed by atoms with E-state index in [2.05, 4.69) is 21.2 Å². The molecule has 1 aliphatic rings. The summed E-state index contributed by atoms with van der Waals surface area (Å²) < 4.78 is 29.8. The van der Waals surface area contributed by atoms with Gasteiger partial charge < -0.3 is 10.2 Å². The number of hydrogen-bond donors (Lipinski definition) is 1. The Morgan fingerprint density at radius 2 is 1.60 bits per heavy atom. The molecule has 3 aromatic carbocycles. The predicted molar refractivity (Wildman–Crippen MR) is 171 cm³/mol. The number of carbonyl (C=O) groups is 2. The van der Waals surface area contributed by atoms with Crippen LogP contribution >= 0.6 is 39.1 Å². The maximum Gasteiger partial charge on any atom is 0.264 e. The highest BCUT2D eigenvalue weighted by molar-refractivity contribution is 9.10. The fourth-order valence-electron chi connectivity index (χ4n) is 4.94. The van der Waals surface area contributed by atoms with Crippen molar-refractivity contribution >= 4 is 66.7 Å². The third kappa shape index (κ3) is 8.07. The zero-order valence-electron chi connectivity index (χ0n) is 23.5. The summed E-state index contributed by atoms with van der Waals surface area (Å²) in [6, 6.07) is 17.4. The van der Waals surface area contributed by atoms with Crippen molar-refractivity contribution in [2.24, 2.45) is 0 Å².